The topological polar surface area (TPSA) is 26.3 Å². The first-order chi connectivity index (χ1) is 5.31. The van der Waals surface area contributed by atoms with Crippen molar-refractivity contribution in [1.29, 1.82) is 0 Å². The van der Waals surface area contributed by atoms with Crippen LogP contribution in [0.1, 0.15) is 12.8 Å². The third-order valence-electron chi connectivity index (χ3n) is 1.07. The molecule has 0 aliphatic carbocycles. The summed E-state index contributed by atoms with van der Waals surface area (Å²) in [4.78, 5) is 10.6. The average molecular weight is 172 g/mol. The normalized spacial score (nSPS) is 8.73. The van der Waals surface area contributed by atoms with Crippen molar-refractivity contribution in [1.82, 2.24) is 0 Å². The Kier molecular flexibility index (Phi) is 7.06. The zero-order chi connectivity index (χ0) is 8.53. The molecule has 0 amide bonds. The summed E-state index contributed by atoms with van der Waals surface area (Å²) in [6.45, 7) is 0. The Labute approximate surface area is 71.7 Å². The Morgan fingerprint density at radius 3 is 2.91 bits per heavy atom. The lowest BCUT2D eigenvalue weighted by atomic mass is 10.5. The van der Waals surface area contributed by atoms with Gasteiger partial charge in [-0.05, 0) is 0 Å². The quantitative estimate of drug-likeness (QED) is 0.355. The van der Waals surface area contributed by atoms with E-state index < -0.39 is 0 Å². The lowest BCUT2D eigenvalue weighted by Gasteiger charge is -1.97. The van der Waals surface area contributed by atoms with Gasteiger partial charge in [0.25, 0.3) is 0 Å². The molecule has 0 fully saturated rings. The molecular weight excluding hydrogens is 160 g/mol. The molecule has 0 unspecified atom stereocenters. The van der Waals surface area contributed by atoms with E-state index in [0.717, 1.165) is 17.9 Å². The minimum absolute atomic E-state index is 0.154. The summed E-state index contributed by atoms with van der Waals surface area (Å²) in [5, 5.41) is 0. The second kappa shape index (κ2) is 7.49. The highest BCUT2D eigenvalue weighted by Crippen LogP contribution is 2.03. The van der Waals surface area contributed by atoms with Crippen LogP contribution in [0.3, 0.4) is 0 Å². The van der Waals surface area contributed by atoms with Gasteiger partial charge in [0.05, 0.1) is 13.5 Å². The van der Waals surface area contributed by atoms with Gasteiger partial charge in [-0.1, -0.05) is 0 Å². The molecule has 11 heavy (non-hydrogen) atoms. The van der Waals surface area contributed by atoms with Crippen molar-refractivity contribution in [2.75, 3.05) is 18.6 Å². The molecule has 0 aromatic rings. The van der Waals surface area contributed by atoms with Gasteiger partial charge in [-0.25, -0.2) is 0 Å². The minimum atomic E-state index is -0.154. The smallest absolute Gasteiger partial charge is 0.306 e. The van der Waals surface area contributed by atoms with Crippen LogP contribution in [-0.4, -0.2) is 24.6 Å². The molecule has 0 aliphatic heterocycles. The van der Waals surface area contributed by atoms with Gasteiger partial charge in [-0.2, -0.15) is 11.8 Å². The lowest BCUT2D eigenvalue weighted by molar-refractivity contribution is -0.140. The van der Waals surface area contributed by atoms with E-state index in [2.05, 4.69) is 10.7 Å². The summed E-state index contributed by atoms with van der Waals surface area (Å²) in [6.07, 6.45) is 6.29. The van der Waals surface area contributed by atoms with Crippen LogP contribution < -0.4 is 0 Å². The Balaban J connectivity index is 3.03. The summed E-state index contributed by atoms with van der Waals surface area (Å²) in [5.74, 6) is 4.10. The van der Waals surface area contributed by atoms with Gasteiger partial charge < -0.3 is 4.74 Å². The fourth-order valence-corrected chi connectivity index (χ4v) is 1.27. The lowest BCUT2D eigenvalue weighted by Crippen LogP contribution is -2.01. The Hall–Kier alpha value is -0.620. The maximum atomic E-state index is 10.6. The molecule has 0 aromatic heterocycles. The maximum absolute atomic E-state index is 10.6. The fraction of sp³-hybridized carbons (Fsp3) is 0.625. The molecule has 0 N–H and O–H groups in total. The molecule has 0 rings (SSSR count). The number of carbonyl (C=O) groups is 1. The number of thioether (sulfide) groups is 1. The highest BCUT2D eigenvalue weighted by molar-refractivity contribution is 7.99. The van der Waals surface area contributed by atoms with E-state index in [0.29, 0.717) is 6.42 Å². The highest BCUT2D eigenvalue weighted by Gasteiger charge is 1.97. The summed E-state index contributed by atoms with van der Waals surface area (Å²) >= 11 is 1.68. The number of methoxy groups -OCH3 is 1. The summed E-state index contributed by atoms with van der Waals surface area (Å²) in [6, 6.07) is 0. The number of terminal acetylenes is 1. The van der Waals surface area contributed by atoms with Crippen molar-refractivity contribution < 1.29 is 9.53 Å². The summed E-state index contributed by atoms with van der Waals surface area (Å²) in [5.41, 5.74) is 0. The van der Waals surface area contributed by atoms with E-state index in [9.17, 15) is 4.79 Å². The number of hydrogen-bond donors (Lipinski definition) is 0. The molecular formula is C8H12O2S. The van der Waals surface area contributed by atoms with Crippen LogP contribution >= 0.6 is 11.8 Å². The summed E-state index contributed by atoms with van der Waals surface area (Å²) < 4.78 is 4.46. The highest BCUT2D eigenvalue weighted by atomic mass is 32.2. The van der Waals surface area contributed by atoms with Crippen molar-refractivity contribution in [3.05, 3.63) is 0 Å². The molecule has 0 saturated carbocycles. The van der Waals surface area contributed by atoms with Crippen LogP contribution in [-0.2, 0) is 9.53 Å². The third kappa shape index (κ3) is 7.27. The van der Waals surface area contributed by atoms with Gasteiger partial charge in [0.1, 0.15) is 0 Å². The molecule has 0 heterocycles. The Bertz CT molecular complexity index is 149. The minimum Gasteiger partial charge on any atom is -0.469 e. The van der Waals surface area contributed by atoms with E-state index in [1.54, 1.807) is 11.8 Å². The molecule has 0 saturated heterocycles. The average Bonchev–Trinajstić information content (AvgIpc) is 2.04. The van der Waals surface area contributed by atoms with E-state index in [1.165, 1.54) is 7.11 Å². The van der Waals surface area contributed by atoms with E-state index in [1.807, 2.05) is 0 Å². The molecule has 2 nitrogen and oxygen atoms in total. The molecule has 0 bridgehead atoms. The van der Waals surface area contributed by atoms with E-state index in [4.69, 9.17) is 6.42 Å². The first-order valence-corrected chi connectivity index (χ1v) is 4.54. The first-order valence-electron chi connectivity index (χ1n) is 3.39. The maximum Gasteiger partial charge on any atom is 0.306 e. The molecule has 0 atom stereocenters. The van der Waals surface area contributed by atoms with Crippen LogP contribution in [0.5, 0.6) is 0 Å². The Morgan fingerprint density at radius 2 is 2.36 bits per heavy atom. The van der Waals surface area contributed by atoms with Crippen LogP contribution in [0.15, 0.2) is 0 Å². The van der Waals surface area contributed by atoms with Gasteiger partial charge >= 0.3 is 5.97 Å². The molecule has 0 radical (unpaired) electrons. The van der Waals surface area contributed by atoms with Crippen LogP contribution in [0.2, 0.25) is 0 Å². The van der Waals surface area contributed by atoms with Crippen molar-refractivity contribution in [3.8, 4) is 12.3 Å². The predicted octanol–water partition coefficient (Wildman–Crippen LogP) is 1.31. The van der Waals surface area contributed by atoms with Gasteiger partial charge in [-0.3, -0.25) is 4.79 Å². The zero-order valence-electron chi connectivity index (χ0n) is 6.63. The van der Waals surface area contributed by atoms with Crippen molar-refractivity contribution in [2.24, 2.45) is 0 Å². The standard InChI is InChI=1S/C8H12O2S/c1-3-4-6-11-7-5-8(9)10-2/h1H,4-7H2,2H3. The Morgan fingerprint density at radius 1 is 1.64 bits per heavy atom. The monoisotopic (exact) mass is 172 g/mol. The zero-order valence-corrected chi connectivity index (χ0v) is 7.45. The van der Waals surface area contributed by atoms with Gasteiger partial charge in [0.2, 0.25) is 0 Å². The summed E-state index contributed by atoms with van der Waals surface area (Å²) in [7, 11) is 1.40. The van der Waals surface area contributed by atoms with Crippen molar-refractivity contribution >= 4 is 17.7 Å². The molecule has 0 spiro atoms. The first kappa shape index (κ1) is 10.4. The number of ether oxygens (including phenoxy) is 1. The van der Waals surface area contributed by atoms with Gasteiger partial charge in [0.15, 0.2) is 0 Å². The van der Waals surface area contributed by atoms with Crippen molar-refractivity contribution in [2.45, 2.75) is 12.8 Å². The van der Waals surface area contributed by atoms with Crippen LogP contribution in [0.4, 0.5) is 0 Å². The molecule has 0 aliphatic rings. The van der Waals surface area contributed by atoms with Gasteiger partial charge in [-0.15, -0.1) is 12.3 Å². The van der Waals surface area contributed by atoms with Gasteiger partial charge in [0, 0.05) is 17.9 Å². The fourth-order valence-electron chi connectivity index (χ4n) is 0.491. The number of esters is 1. The predicted molar refractivity (Wildman–Crippen MR) is 47.4 cm³/mol. The molecule has 0 aromatic carbocycles. The second-order valence-corrected chi connectivity index (χ2v) is 3.12. The molecule has 3 heteroatoms. The van der Waals surface area contributed by atoms with E-state index in [-0.39, 0.29) is 5.97 Å². The van der Waals surface area contributed by atoms with Crippen molar-refractivity contribution in [3.63, 3.8) is 0 Å². The van der Waals surface area contributed by atoms with Crippen LogP contribution in [0.25, 0.3) is 0 Å². The second-order valence-electron chi connectivity index (χ2n) is 1.89. The molecule has 62 valence electrons. The van der Waals surface area contributed by atoms with E-state index >= 15 is 0 Å². The number of rotatable bonds is 5. The third-order valence-corrected chi connectivity index (χ3v) is 2.05. The largest absolute Gasteiger partial charge is 0.469 e. The van der Waals surface area contributed by atoms with Crippen LogP contribution in [0, 0.1) is 12.3 Å². The number of carbonyl (C=O) groups excluding carboxylic acids is 1. The SMILES string of the molecule is C#CCCSCCC(=O)OC. The number of hydrogen-bond acceptors (Lipinski definition) is 3.